The molecule has 56 heavy (non-hydrogen) atoms. The molecular formula is C42H57NO13. The van der Waals surface area contributed by atoms with E-state index >= 15 is 0 Å². The number of ether oxygens (including phenoxy) is 4. The van der Waals surface area contributed by atoms with Crippen LogP contribution >= 0.6 is 0 Å². The van der Waals surface area contributed by atoms with Crippen LogP contribution in [0.15, 0.2) is 66.8 Å². The van der Waals surface area contributed by atoms with E-state index in [1.54, 1.807) is 50.3 Å². The van der Waals surface area contributed by atoms with E-state index in [0.29, 0.717) is 18.4 Å². The third kappa shape index (κ3) is 8.69. The van der Waals surface area contributed by atoms with E-state index in [9.17, 15) is 44.4 Å². The van der Waals surface area contributed by atoms with Gasteiger partial charge in [-0.25, -0.2) is 4.79 Å². The Hall–Kier alpha value is -4.21. The number of hydrogen-bond donors (Lipinski definition) is 5. The standard InChI is InChI=1S/C42H57NO13/c1-9-11-18-31(46)43-34(27-16-14-13-15-17-27)36(49)38(51)55-28-21-42(52,25(4)54-32(47)19-12-10-2)39(6,7)33(24(28)3)35(48)37(50)40(8)22-41(56-26(5)44)23-53-30(41)20-29(40)45/h9-10,13-17,25,28-30,34-36,45,48-49,52H,1-2,11-12,18-23H2,3-8H3,(H,43,46)/t25-,28?,29-,30+,34-,35+,36+,40-,41-,42+/m0/s1. The van der Waals surface area contributed by atoms with Crippen LogP contribution in [0.3, 0.4) is 0 Å². The number of nitrogens with one attached hydrogen (secondary N) is 1. The van der Waals surface area contributed by atoms with Crippen molar-refractivity contribution in [3.63, 3.8) is 0 Å². The molecule has 5 N–H and O–H groups in total. The van der Waals surface area contributed by atoms with Gasteiger partial charge in [0.25, 0.3) is 0 Å². The molecule has 1 aromatic carbocycles. The minimum absolute atomic E-state index is 0.0102. The van der Waals surface area contributed by atoms with Crippen LogP contribution in [0.2, 0.25) is 0 Å². The van der Waals surface area contributed by atoms with E-state index in [0.717, 1.165) is 0 Å². The number of rotatable bonds is 17. The lowest BCUT2D eigenvalue weighted by Crippen LogP contribution is -2.70. The summed E-state index contributed by atoms with van der Waals surface area (Å²) in [4.78, 5) is 66.2. The predicted molar refractivity (Wildman–Crippen MR) is 202 cm³/mol. The van der Waals surface area contributed by atoms with Crippen molar-refractivity contribution in [2.45, 2.75) is 140 Å². The van der Waals surface area contributed by atoms with E-state index in [1.165, 1.54) is 33.8 Å². The quantitative estimate of drug-likeness (QED) is 0.0873. The maximum Gasteiger partial charge on any atom is 0.338 e. The Morgan fingerprint density at radius 3 is 2.23 bits per heavy atom. The van der Waals surface area contributed by atoms with Crippen LogP contribution in [0.5, 0.6) is 0 Å². The van der Waals surface area contributed by atoms with Crippen molar-refractivity contribution in [2.75, 3.05) is 6.61 Å². The zero-order valence-electron chi connectivity index (χ0n) is 33.1. The molecule has 3 aliphatic rings. The second-order valence-electron chi connectivity index (χ2n) is 16.0. The molecule has 1 unspecified atom stereocenters. The Kier molecular flexibility index (Phi) is 13.9. The molecule has 2 aliphatic carbocycles. The fourth-order valence-corrected chi connectivity index (χ4v) is 8.50. The van der Waals surface area contributed by atoms with Gasteiger partial charge in [0.05, 0.1) is 24.2 Å². The van der Waals surface area contributed by atoms with Gasteiger partial charge in [0, 0.05) is 44.4 Å². The van der Waals surface area contributed by atoms with Crippen LogP contribution < -0.4 is 5.32 Å². The Bertz CT molecular complexity index is 1710. The molecule has 1 saturated carbocycles. The van der Waals surface area contributed by atoms with Gasteiger partial charge in [-0.2, -0.15) is 0 Å². The van der Waals surface area contributed by atoms with Crippen molar-refractivity contribution in [2.24, 2.45) is 10.8 Å². The minimum Gasteiger partial charge on any atom is -0.460 e. The maximum absolute atomic E-state index is 14.6. The van der Waals surface area contributed by atoms with Crippen LogP contribution in [0.25, 0.3) is 0 Å². The van der Waals surface area contributed by atoms with Crippen LogP contribution in [0.4, 0.5) is 0 Å². The normalized spacial score (nSPS) is 30.2. The van der Waals surface area contributed by atoms with Crippen LogP contribution in [0.1, 0.15) is 98.1 Å². The summed E-state index contributed by atoms with van der Waals surface area (Å²) in [5.74, 6) is -3.74. The van der Waals surface area contributed by atoms with E-state index in [-0.39, 0.29) is 49.9 Å². The van der Waals surface area contributed by atoms with Gasteiger partial charge in [0.2, 0.25) is 5.91 Å². The monoisotopic (exact) mass is 783 g/mol. The number of amides is 1. The summed E-state index contributed by atoms with van der Waals surface area (Å²) < 4.78 is 22.8. The molecule has 308 valence electrons. The van der Waals surface area contributed by atoms with Gasteiger partial charge in [0.15, 0.2) is 17.5 Å². The number of carbonyl (C=O) groups is 5. The first kappa shape index (κ1) is 44.5. The zero-order valence-corrected chi connectivity index (χ0v) is 33.1. The molecule has 1 saturated heterocycles. The van der Waals surface area contributed by atoms with Crippen LogP contribution in [0, 0.1) is 10.8 Å². The van der Waals surface area contributed by atoms with E-state index in [2.05, 4.69) is 18.5 Å². The number of fused-ring (bicyclic) bond motifs is 1. The third-order valence-electron chi connectivity index (χ3n) is 11.9. The van der Waals surface area contributed by atoms with Crippen molar-refractivity contribution in [3.05, 3.63) is 72.4 Å². The lowest BCUT2D eigenvalue weighted by atomic mass is 9.55. The zero-order chi connectivity index (χ0) is 41.8. The molecule has 14 nitrogen and oxygen atoms in total. The molecule has 0 bridgehead atoms. The molecule has 2 fully saturated rings. The largest absolute Gasteiger partial charge is 0.460 e. The summed E-state index contributed by atoms with van der Waals surface area (Å²) in [5.41, 5.74) is -6.01. The summed E-state index contributed by atoms with van der Waals surface area (Å²) in [6.07, 6.45) is -5.49. The average Bonchev–Trinajstić information content (AvgIpc) is 3.14. The fourth-order valence-electron chi connectivity index (χ4n) is 8.50. The van der Waals surface area contributed by atoms with Crippen LogP contribution in [-0.2, 0) is 42.9 Å². The Labute approximate surface area is 327 Å². The van der Waals surface area contributed by atoms with Crippen molar-refractivity contribution in [1.29, 1.82) is 0 Å². The van der Waals surface area contributed by atoms with Gasteiger partial charge in [-0.15, -0.1) is 13.2 Å². The number of allylic oxidation sites excluding steroid dienone is 2. The SMILES string of the molecule is C=CCCC(=O)N[C@@H](c1ccccc1)[C@@H](O)C(=O)OC1C[C@@](O)([C@H](C)OC(=O)CCC=C)C(C)(C)C([C@@H](O)C(=O)[C@@]2(C)C[C@]3(OC(C)=O)CO[C@@H]3C[C@@H]2O)=C1C. The summed E-state index contributed by atoms with van der Waals surface area (Å²) in [6.45, 7) is 16.0. The number of esters is 3. The number of Topliss-reactive ketones (excluding diaryl/α,β-unsaturated/α-hetero) is 1. The molecule has 14 heteroatoms. The average molecular weight is 784 g/mol. The second-order valence-corrected chi connectivity index (χ2v) is 16.0. The smallest absolute Gasteiger partial charge is 0.338 e. The van der Waals surface area contributed by atoms with Crippen molar-refractivity contribution >= 4 is 29.6 Å². The first-order valence-corrected chi connectivity index (χ1v) is 19.0. The van der Waals surface area contributed by atoms with Gasteiger partial charge in [-0.05, 0) is 50.3 Å². The van der Waals surface area contributed by atoms with Crippen molar-refractivity contribution in [3.8, 4) is 0 Å². The highest BCUT2D eigenvalue weighted by molar-refractivity contribution is 5.92. The lowest BCUT2D eigenvalue weighted by molar-refractivity contribution is -0.291. The van der Waals surface area contributed by atoms with Gasteiger partial charge in [-0.3, -0.25) is 19.2 Å². The summed E-state index contributed by atoms with van der Waals surface area (Å²) in [5, 5.41) is 50.3. The maximum atomic E-state index is 14.6. The molecule has 0 radical (unpaired) electrons. The molecule has 1 aromatic rings. The molecule has 0 aromatic heterocycles. The first-order chi connectivity index (χ1) is 26.2. The Morgan fingerprint density at radius 2 is 1.66 bits per heavy atom. The number of aliphatic hydroxyl groups excluding tert-OH is 3. The minimum atomic E-state index is -2.10. The van der Waals surface area contributed by atoms with E-state index < -0.39 is 94.3 Å². The number of hydrogen-bond acceptors (Lipinski definition) is 13. The molecule has 1 amide bonds. The van der Waals surface area contributed by atoms with Gasteiger partial charge < -0.3 is 44.7 Å². The highest BCUT2D eigenvalue weighted by Gasteiger charge is 2.65. The molecule has 10 atom stereocenters. The lowest BCUT2D eigenvalue weighted by Gasteiger charge is -2.57. The fraction of sp³-hybridized carbons (Fsp3) is 0.595. The summed E-state index contributed by atoms with van der Waals surface area (Å²) >= 11 is 0. The van der Waals surface area contributed by atoms with Crippen molar-refractivity contribution in [1.82, 2.24) is 5.32 Å². The first-order valence-electron chi connectivity index (χ1n) is 19.0. The number of benzene rings is 1. The Balaban J connectivity index is 1.76. The molecule has 0 spiro atoms. The topological polar surface area (TPSA) is 215 Å². The van der Waals surface area contributed by atoms with E-state index in [4.69, 9.17) is 18.9 Å². The van der Waals surface area contributed by atoms with Crippen molar-refractivity contribution < 1.29 is 63.3 Å². The highest BCUT2D eigenvalue weighted by atomic mass is 16.6. The third-order valence-corrected chi connectivity index (χ3v) is 11.9. The number of ketones is 1. The van der Waals surface area contributed by atoms with Gasteiger partial charge >= 0.3 is 17.9 Å². The summed E-state index contributed by atoms with van der Waals surface area (Å²) in [6, 6.07) is 7.07. The number of carbonyl (C=O) groups excluding carboxylic acids is 5. The van der Waals surface area contributed by atoms with Gasteiger partial charge in [-0.1, -0.05) is 56.3 Å². The molecule has 4 rings (SSSR count). The predicted octanol–water partition coefficient (Wildman–Crippen LogP) is 3.25. The van der Waals surface area contributed by atoms with Crippen LogP contribution in [-0.4, -0.2) is 104 Å². The molecule has 1 aliphatic heterocycles. The van der Waals surface area contributed by atoms with Gasteiger partial charge in [0.1, 0.15) is 30.0 Å². The highest BCUT2D eigenvalue weighted by Crippen LogP contribution is 2.55. The number of aliphatic hydroxyl groups is 4. The van der Waals surface area contributed by atoms with E-state index in [1.807, 2.05) is 0 Å². The summed E-state index contributed by atoms with van der Waals surface area (Å²) in [7, 11) is 0. The Morgan fingerprint density at radius 1 is 1.04 bits per heavy atom. The second kappa shape index (κ2) is 17.5. The molecular weight excluding hydrogens is 726 g/mol. The molecule has 1 heterocycles.